The first kappa shape index (κ1) is 8.72. The van der Waals surface area contributed by atoms with Gasteiger partial charge in [0.1, 0.15) is 10.8 Å². The summed E-state index contributed by atoms with van der Waals surface area (Å²) in [7, 11) is 3.50. The average molecular weight is 189 g/mol. The van der Waals surface area contributed by atoms with Gasteiger partial charge in [-0.3, -0.25) is 0 Å². The van der Waals surface area contributed by atoms with Gasteiger partial charge in [-0.1, -0.05) is 23.2 Å². The largest absolute Gasteiger partial charge is 0.506 e. The molecule has 0 aliphatic heterocycles. The number of halogens is 2. The summed E-state index contributed by atoms with van der Waals surface area (Å²) in [5.41, 5.74) is 1.68. The number of aromatic hydroxyl groups is 1. The van der Waals surface area contributed by atoms with E-state index in [1.165, 1.54) is 0 Å². The molecular weight excluding hydrogens is 186 g/mol. The van der Waals surface area contributed by atoms with Gasteiger partial charge in [-0.25, -0.2) is 0 Å². The monoisotopic (exact) mass is 188 g/mol. The maximum absolute atomic E-state index is 9.03. The van der Waals surface area contributed by atoms with Crippen molar-refractivity contribution in [3.63, 3.8) is 0 Å². The van der Waals surface area contributed by atoms with E-state index < -0.39 is 0 Å². The van der Waals surface area contributed by atoms with E-state index >= 15 is 0 Å². The topological polar surface area (TPSA) is 40.5 Å². The Morgan fingerprint density at radius 3 is 1.82 bits per heavy atom. The maximum Gasteiger partial charge on any atom is 0.277 e. The summed E-state index contributed by atoms with van der Waals surface area (Å²) in [4.78, 5) is 0. The molecule has 56 valence electrons. The van der Waals surface area contributed by atoms with Gasteiger partial charge in [-0.2, -0.15) is 0 Å². The standard InChI is InChI=1S/C6H2Cl2O.BHO/c7-4-2-1-3(2)6(9)5(4)8;1-2/h1,9H;2H. The first-order valence-electron chi connectivity index (χ1n) is 2.69. The summed E-state index contributed by atoms with van der Waals surface area (Å²) in [6.07, 6.45) is 0. The fourth-order valence-corrected chi connectivity index (χ4v) is 1.28. The van der Waals surface area contributed by atoms with Gasteiger partial charge in [0.15, 0.2) is 0 Å². The Morgan fingerprint density at radius 2 is 1.64 bits per heavy atom. The second kappa shape index (κ2) is 2.93. The van der Waals surface area contributed by atoms with E-state index in [2.05, 4.69) is 8.05 Å². The number of benzene rings is 1. The van der Waals surface area contributed by atoms with Crippen LogP contribution in [0.4, 0.5) is 0 Å². The lowest BCUT2D eigenvalue weighted by molar-refractivity contribution is 0.480. The van der Waals surface area contributed by atoms with Gasteiger partial charge in [0, 0.05) is 11.1 Å². The molecule has 11 heavy (non-hydrogen) atoms. The number of phenolic OH excluding ortho intramolecular Hbond substituents is 1. The van der Waals surface area contributed by atoms with Crippen LogP contribution < -0.4 is 0 Å². The summed E-state index contributed by atoms with van der Waals surface area (Å²) in [5, 5.41) is 16.3. The van der Waals surface area contributed by atoms with Gasteiger partial charge in [-0.05, 0) is 6.07 Å². The van der Waals surface area contributed by atoms with Crippen molar-refractivity contribution in [2.75, 3.05) is 0 Å². The highest BCUT2D eigenvalue weighted by molar-refractivity contribution is 6.47. The lowest BCUT2D eigenvalue weighted by Crippen LogP contribution is -1.55. The summed E-state index contributed by atoms with van der Waals surface area (Å²) >= 11 is 11.2. The van der Waals surface area contributed by atoms with E-state index in [9.17, 15) is 0 Å². The lowest BCUT2D eigenvalue weighted by atomic mass is 10.5. The maximum atomic E-state index is 9.03. The first-order chi connectivity index (χ1) is 5.22. The minimum absolute atomic E-state index is 0.122. The summed E-state index contributed by atoms with van der Waals surface area (Å²) < 4.78 is 0. The molecule has 0 aromatic carbocycles. The Labute approximate surface area is 74.8 Å². The fourth-order valence-electron chi connectivity index (χ4n) is 0.826. The third-order valence-electron chi connectivity index (χ3n) is 1.39. The molecule has 0 saturated carbocycles. The molecule has 5 heteroatoms. The van der Waals surface area contributed by atoms with Crippen LogP contribution in [0.1, 0.15) is 0 Å². The smallest absolute Gasteiger partial charge is 0.277 e. The highest BCUT2D eigenvalue weighted by Gasteiger charge is 2.27. The zero-order chi connectivity index (χ0) is 8.59. The van der Waals surface area contributed by atoms with Crippen molar-refractivity contribution in [1.82, 2.24) is 0 Å². The third kappa shape index (κ3) is 1.20. The Kier molecular flexibility index (Phi) is 2.32. The fraction of sp³-hybridized carbons (Fsp3) is 0. The molecule has 2 nitrogen and oxygen atoms in total. The van der Waals surface area contributed by atoms with Crippen LogP contribution in [0, 0.1) is 0 Å². The van der Waals surface area contributed by atoms with E-state index in [1.54, 1.807) is 6.07 Å². The molecule has 0 aromatic heterocycles. The molecule has 2 aliphatic rings. The van der Waals surface area contributed by atoms with Crippen LogP contribution in [0.2, 0.25) is 10.0 Å². The summed E-state index contributed by atoms with van der Waals surface area (Å²) in [5.74, 6) is 0.122. The van der Waals surface area contributed by atoms with Crippen molar-refractivity contribution in [2.24, 2.45) is 0 Å². The molecule has 0 unspecified atom stereocenters. The van der Waals surface area contributed by atoms with Gasteiger partial charge in [-0.15, -0.1) is 0 Å². The third-order valence-corrected chi connectivity index (χ3v) is 2.25. The van der Waals surface area contributed by atoms with Gasteiger partial charge in [0.2, 0.25) is 0 Å². The number of fused-ring (bicyclic) bond motifs is 1. The highest BCUT2D eigenvalue weighted by atomic mass is 35.5. The van der Waals surface area contributed by atoms with Gasteiger partial charge < -0.3 is 10.1 Å². The number of hydrogen-bond acceptors (Lipinski definition) is 2. The van der Waals surface area contributed by atoms with E-state index in [1.807, 2.05) is 0 Å². The number of phenols is 1. The van der Waals surface area contributed by atoms with Crippen molar-refractivity contribution in [3.8, 4) is 16.9 Å². The van der Waals surface area contributed by atoms with E-state index in [0.29, 0.717) is 5.02 Å². The molecule has 2 aliphatic carbocycles. The molecule has 0 bridgehead atoms. The summed E-state index contributed by atoms with van der Waals surface area (Å²) in [6, 6.07) is 1.80. The second-order valence-electron chi connectivity index (χ2n) is 1.95. The van der Waals surface area contributed by atoms with Crippen LogP contribution in [-0.2, 0) is 0 Å². The lowest BCUT2D eigenvalue weighted by Gasteiger charge is -1.84. The van der Waals surface area contributed by atoms with Crippen LogP contribution in [0.3, 0.4) is 0 Å². The Bertz CT molecular complexity index is 275. The minimum atomic E-state index is 0.122. The van der Waals surface area contributed by atoms with Crippen LogP contribution in [0.25, 0.3) is 11.1 Å². The van der Waals surface area contributed by atoms with Crippen molar-refractivity contribution in [2.45, 2.75) is 0 Å². The van der Waals surface area contributed by atoms with E-state index in [-0.39, 0.29) is 10.8 Å². The molecule has 0 heterocycles. The van der Waals surface area contributed by atoms with E-state index in [4.69, 9.17) is 33.3 Å². The van der Waals surface area contributed by atoms with Gasteiger partial charge in [0.25, 0.3) is 8.05 Å². The van der Waals surface area contributed by atoms with Crippen molar-refractivity contribution >= 4 is 31.3 Å². The molecule has 2 rings (SSSR count). The second-order valence-corrected chi connectivity index (χ2v) is 2.70. The molecule has 0 saturated heterocycles. The first-order valence-corrected chi connectivity index (χ1v) is 3.44. The Balaban J connectivity index is 0.000000281. The molecule has 0 amide bonds. The quantitative estimate of drug-likeness (QED) is 0.619. The van der Waals surface area contributed by atoms with Crippen molar-refractivity contribution in [3.05, 3.63) is 16.1 Å². The summed E-state index contributed by atoms with van der Waals surface area (Å²) in [6.45, 7) is 0. The number of hydrogen-bond donors (Lipinski definition) is 2. The SMILES string of the molecule is Oc1c2cc-2c(Cl)c1Cl.[B]O. The molecule has 0 fully saturated rings. The molecule has 0 aromatic rings. The normalized spacial score (nSPS) is 10.1. The van der Waals surface area contributed by atoms with E-state index in [0.717, 1.165) is 11.1 Å². The van der Waals surface area contributed by atoms with Gasteiger partial charge in [0.05, 0.1) is 5.02 Å². The zero-order valence-corrected chi connectivity index (χ0v) is 6.82. The van der Waals surface area contributed by atoms with Crippen molar-refractivity contribution < 1.29 is 10.1 Å². The predicted molar refractivity (Wildman–Crippen MR) is 45.1 cm³/mol. The molecule has 0 atom stereocenters. The Morgan fingerprint density at radius 1 is 1.09 bits per heavy atom. The average Bonchev–Trinajstić information content (AvgIpc) is 2.79. The predicted octanol–water partition coefficient (Wildman–Crippen LogP) is 1.74. The van der Waals surface area contributed by atoms with Crippen LogP contribution in [0.5, 0.6) is 5.75 Å². The minimum Gasteiger partial charge on any atom is -0.506 e. The van der Waals surface area contributed by atoms with Crippen LogP contribution in [-0.4, -0.2) is 18.2 Å². The van der Waals surface area contributed by atoms with Gasteiger partial charge >= 0.3 is 0 Å². The van der Waals surface area contributed by atoms with Crippen LogP contribution >= 0.6 is 23.2 Å². The highest BCUT2D eigenvalue weighted by Crippen LogP contribution is 2.55. The Hall–Kier alpha value is -0.375. The molecule has 2 N–H and O–H groups in total. The molecular formula is C6H3BCl2O2. The number of rotatable bonds is 0. The zero-order valence-electron chi connectivity index (χ0n) is 5.31. The van der Waals surface area contributed by atoms with Crippen LogP contribution in [0.15, 0.2) is 6.07 Å². The molecule has 0 spiro atoms. The van der Waals surface area contributed by atoms with Crippen molar-refractivity contribution in [1.29, 1.82) is 0 Å². The molecule has 2 radical (unpaired) electrons.